The van der Waals surface area contributed by atoms with Gasteiger partial charge in [-0.05, 0) is 0 Å². The predicted molar refractivity (Wildman–Crippen MR) is 24.3 cm³/mol. The van der Waals surface area contributed by atoms with Crippen molar-refractivity contribution < 1.29 is 20.4 Å². The second-order valence-corrected chi connectivity index (χ2v) is 4.40. The molecule has 0 radical (unpaired) electrons. The van der Waals surface area contributed by atoms with Gasteiger partial charge in [0.05, 0.1) is 0 Å². The minimum absolute atomic E-state index is 3.88. The molecule has 0 fully saturated rings. The molecule has 7 heavy (non-hydrogen) atoms. The Balaban J connectivity index is 4.65. The van der Waals surface area contributed by atoms with Gasteiger partial charge in [-0.15, -0.1) is 11.7 Å². The summed E-state index contributed by atoms with van der Waals surface area (Å²) in [4.78, 5) is 0. The van der Waals surface area contributed by atoms with E-state index in [2.05, 4.69) is 0 Å². The van der Waals surface area contributed by atoms with Crippen LogP contribution in [0.3, 0.4) is 0 Å². The van der Waals surface area contributed by atoms with Crippen LogP contribution in [0.15, 0.2) is 0 Å². The number of thiol groups is 2. The standard InChI is InChI=1S/F3H3O2S2/c1-7(2,3)6(4)5/h6-7H,(H,4,5). The van der Waals surface area contributed by atoms with E-state index in [1.54, 1.807) is 0 Å². The molecule has 0 heterocycles. The van der Waals surface area contributed by atoms with Gasteiger partial charge in [0.1, 0.15) is 9.64 Å². The van der Waals surface area contributed by atoms with Crippen molar-refractivity contribution in [3.05, 3.63) is 0 Å². The molecule has 1 N–H and O–H groups in total. The van der Waals surface area contributed by atoms with E-state index in [0.717, 1.165) is 0 Å². The van der Waals surface area contributed by atoms with Crippen LogP contribution in [-0.4, -0.2) is 8.76 Å². The molecule has 0 saturated carbocycles. The first-order valence-corrected chi connectivity index (χ1v) is 4.47. The zero-order chi connectivity index (χ0) is 6.08. The van der Waals surface area contributed by atoms with Gasteiger partial charge in [-0.3, -0.25) is 0 Å². The van der Waals surface area contributed by atoms with E-state index >= 15 is 0 Å². The second-order valence-electron chi connectivity index (χ2n) is 0.671. The average Bonchev–Trinajstić information content (AvgIpc) is 1.31. The van der Waals surface area contributed by atoms with Crippen molar-refractivity contribution in [2.24, 2.45) is 0 Å². The molecule has 0 amide bonds. The fourth-order valence-corrected chi connectivity index (χ4v) is 0. The molecule has 1 atom stereocenters. The van der Waals surface area contributed by atoms with Crippen LogP contribution in [-0.2, 0) is 19.4 Å². The van der Waals surface area contributed by atoms with E-state index in [1.807, 2.05) is 0 Å². The summed E-state index contributed by atoms with van der Waals surface area (Å²) in [5, 5.41) is 0. The molecule has 0 aliphatic heterocycles. The van der Waals surface area contributed by atoms with Crippen LogP contribution in [0.4, 0.5) is 11.7 Å². The molecule has 0 saturated heterocycles. The molecular weight excluding hydrogens is 153 g/mol. The smallest absolute Gasteiger partial charge is 0.190 e. The quantitative estimate of drug-likeness (QED) is 0.350. The van der Waals surface area contributed by atoms with Crippen LogP contribution in [0, 0.1) is 0 Å². The van der Waals surface area contributed by atoms with Crippen LogP contribution in [0.2, 0.25) is 0 Å². The van der Waals surface area contributed by atoms with Crippen molar-refractivity contribution in [3.63, 3.8) is 0 Å². The number of hydrogen-bond donors (Lipinski definition) is 3. The Morgan fingerprint density at radius 1 is 1.43 bits per heavy atom. The lowest BCUT2D eigenvalue weighted by molar-refractivity contribution is 0.571. The van der Waals surface area contributed by atoms with E-state index in [9.17, 15) is 11.7 Å². The summed E-state index contributed by atoms with van der Waals surface area (Å²) >= 11 is 0. The molecule has 0 spiro atoms. The molecule has 48 valence electrons. The van der Waals surface area contributed by atoms with Crippen molar-refractivity contribution in [2.45, 2.75) is 0 Å². The highest BCUT2D eigenvalue weighted by Crippen LogP contribution is 2.11. The van der Waals surface area contributed by atoms with Gasteiger partial charge in [0, 0.05) is 0 Å². The first-order valence-electron chi connectivity index (χ1n) is 1.09. The minimum Gasteiger partial charge on any atom is -0.308 e. The van der Waals surface area contributed by atoms with Gasteiger partial charge >= 0.3 is 0 Å². The second kappa shape index (κ2) is 2.01. The Bertz CT molecular complexity index is 140. The first-order chi connectivity index (χ1) is 2.94. The van der Waals surface area contributed by atoms with Gasteiger partial charge in [0.25, 0.3) is 0 Å². The van der Waals surface area contributed by atoms with Crippen LogP contribution >= 0.6 is 0 Å². The monoisotopic (exact) mass is 156 g/mol. The zero-order valence-electron chi connectivity index (χ0n) is 2.88. The van der Waals surface area contributed by atoms with Crippen molar-refractivity contribution in [3.8, 4) is 0 Å². The summed E-state index contributed by atoms with van der Waals surface area (Å²) in [5.41, 5.74) is 0. The molecule has 7 heteroatoms. The molecule has 1 unspecified atom stereocenters. The number of rotatable bonds is 0. The molecule has 0 bridgehead atoms. The molecule has 0 aromatic rings. The summed E-state index contributed by atoms with van der Waals surface area (Å²) < 4.78 is 48.7. The fourth-order valence-electron chi connectivity index (χ4n) is 0. The van der Waals surface area contributed by atoms with Gasteiger partial charge in [-0.2, -0.15) is 0 Å². The van der Waals surface area contributed by atoms with Crippen molar-refractivity contribution in [2.75, 3.05) is 0 Å². The lowest BCUT2D eigenvalue weighted by atomic mass is 15.9. The van der Waals surface area contributed by atoms with Gasteiger partial charge < -0.3 is 4.55 Å². The van der Waals surface area contributed by atoms with Gasteiger partial charge in [-0.25, -0.2) is 4.21 Å². The van der Waals surface area contributed by atoms with E-state index in [1.165, 1.54) is 0 Å². The van der Waals surface area contributed by atoms with Crippen LogP contribution in [0.5, 0.6) is 0 Å². The van der Waals surface area contributed by atoms with E-state index in [4.69, 9.17) is 8.76 Å². The first kappa shape index (κ1) is 7.25. The fraction of sp³-hybridized carbons (Fsp3) is 0. The maximum atomic E-state index is 10.8. The summed E-state index contributed by atoms with van der Waals surface area (Å²) in [6.07, 6.45) is 0. The zero-order valence-corrected chi connectivity index (χ0v) is 4.67. The number of halogens is 3. The molecule has 0 aromatic carbocycles. The van der Waals surface area contributed by atoms with Gasteiger partial charge in [-0.1, -0.05) is 0 Å². The molecule has 0 rings (SSSR count). The third kappa shape index (κ3) is 2.89. The molecule has 0 aliphatic carbocycles. The molecule has 2 nitrogen and oxygen atoms in total. The maximum absolute atomic E-state index is 10.8. The Labute approximate surface area is 40.6 Å². The summed E-state index contributed by atoms with van der Waals surface area (Å²) in [6.45, 7) is 0. The summed E-state index contributed by atoms with van der Waals surface area (Å²) in [7, 11) is -9.80. The Morgan fingerprint density at radius 2 is 1.57 bits per heavy atom. The Kier molecular flexibility index (Phi) is 2.09. The lowest BCUT2D eigenvalue weighted by Gasteiger charge is -1.92. The average molecular weight is 156 g/mol. The lowest BCUT2D eigenvalue weighted by Crippen LogP contribution is -1.87. The van der Waals surface area contributed by atoms with E-state index in [0.29, 0.717) is 0 Å². The number of hydrogen-bond acceptors (Lipinski definition) is 1. The van der Waals surface area contributed by atoms with Gasteiger partial charge in [0.15, 0.2) is 9.75 Å². The van der Waals surface area contributed by atoms with E-state index < -0.39 is 19.4 Å². The van der Waals surface area contributed by atoms with Crippen LogP contribution in [0.1, 0.15) is 0 Å². The normalized spacial score (nSPS) is 18.9. The van der Waals surface area contributed by atoms with E-state index in [-0.39, 0.29) is 0 Å². The highest BCUT2D eigenvalue weighted by molar-refractivity contribution is 8.39. The Hall–Kier alpha value is 0.250. The summed E-state index contributed by atoms with van der Waals surface area (Å²) in [5.74, 6) is 0. The van der Waals surface area contributed by atoms with Crippen molar-refractivity contribution >= 4 is 19.4 Å². The third-order valence-corrected chi connectivity index (χ3v) is 1.75. The van der Waals surface area contributed by atoms with Crippen LogP contribution < -0.4 is 0 Å². The SMILES string of the molecule is O=[SH](O)=[SH](F)(F)F. The van der Waals surface area contributed by atoms with Crippen molar-refractivity contribution in [1.82, 2.24) is 0 Å². The molecule has 0 aliphatic rings. The predicted octanol–water partition coefficient (Wildman–Crippen LogP) is 0.395. The molecular formula is H3F3O2S2. The van der Waals surface area contributed by atoms with Crippen LogP contribution in [0.25, 0.3) is 0 Å². The minimum atomic E-state index is -5.92. The largest absolute Gasteiger partial charge is 0.308 e. The van der Waals surface area contributed by atoms with Gasteiger partial charge in [0.2, 0.25) is 0 Å². The maximum Gasteiger partial charge on any atom is 0.190 e. The highest BCUT2D eigenvalue weighted by atomic mass is 32.9. The summed E-state index contributed by atoms with van der Waals surface area (Å²) in [6, 6.07) is 0. The topological polar surface area (TPSA) is 37.3 Å². The van der Waals surface area contributed by atoms with Crippen molar-refractivity contribution in [1.29, 1.82) is 0 Å². The highest BCUT2D eigenvalue weighted by Gasteiger charge is 2.01. The Morgan fingerprint density at radius 3 is 1.57 bits per heavy atom. The molecule has 0 aromatic heterocycles. The third-order valence-electron chi connectivity index (χ3n) is 0.194.